The number of halogens is 1. The van der Waals surface area contributed by atoms with Gasteiger partial charge < -0.3 is 4.42 Å². The van der Waals surface area contributed by atoms with Gasteiger partial charge in [0.05, 0.1) is 12.3 Å². The summed E-state index contributed by atoms with van der Waals surface area (Å²) >= 11 is 6.03. The lowest BCUT2D eigenvalue weighted by Gasteiger charge is -2.15. The van der Waals surface area contributed by atoms with Gasteiger partial charge in [-0.05, 0) is 34.4 Å². The standard InChI is InChI=1S/C17H15ClN2O/c18-17-15(10-11-21-17)16(20-19)14-8-6-13(7-9-14)12-4-2-1-3-5-12/h1-11,16,20H,19H2. The molecule has 106 valence electrons. The molecular weight excluding hydrogens is 284 g/mol. The van der Waals surface area contributed by atoms with E-state index in [-0.39, 0.29) is 6.04 Å². The maximum absolute atomic E-state index is 6.03. The molecule has 3 nitrogen and oxygen atoms in total. The summed E-state index contributed by atoms with van der Waals surface area (Å²) in [4.78, 5) is 0. The van der Waals surface area contributed by atoms with E-state index < -0.39 is 0 Å². The van der Waals surface area contributed by atoms with Gasteiger partial charge in [0.1, 0.15) is 0 Å². The van der Waals surface area contributed by atoms with Crippen molar-refractivity contribution in [2.75, 3.05) is 0 Å². The minimum Gasteiger partial charge on any atom is -0.453 e. The first-order chi connectivity index (χ1) is 10.3. The average Bonchev–Trinajstić information content (AvgIpc) is 2.96. The summed E-state index contributed by atoms with van der Waals surface area (Å²) in [6.07, 6.45) is 1.56. The van der Waals surface area contributed by atoms with Gasteiger partial charge in [-0.2, -0.15) is 0 Å². The van der Waals surface area contributed by atoms with Crippen LogP contribution in [0.1, 0.15) is 17.2 Å². The van der Waals surface area contributed by atoms with Gasteiger partial charge in [0, 0.05) is 5.56 Å². The first-order valence-electron chi connectivity index (χ1n) is 6.64. The van der Waals surface area contributed by atoms with Crippen LogP contribution in [0.5, 0.6) is 0 Å². The quantitative estimate of drug-likeness (QED) is 0.562. The molecule has 2 aromatic carbocycles. The first kappa shape index (κ1) is 13.9. The lowest BCUT2D eigenvalue weighted by atomic mass is 9.98. The topological polar surface area (TPSA) is 51.2 Å². The Hall–Kier alpha value is -2.07. The van der Waals surface area contributed by atoms with Crippen LogP contribution in [0.15, 0.2) is 71.3 Å². The van der Waals surface area contributed by atoms with Crippen LogP contribution in [-0.2, 0) is 0 Å². The van der Waals surface area contributed by atoms with Gasteiger partial charge in [0.15, 0.2) is 5.22 Å². The molecule has 0 aliphatic carbocycles. The molecule has 1 unspecified atom stereocenters. The minimum absolute atomic E-state index is 0.193. The number of benzene rings is 2. The zero-order valence-corrected chi connectivity index (χ0v) is 12.0. The highest BCUT2D eigenvalue weighted by molar-refractivity contribution is 6.29. The van der Waals surface area contributed by atoms with Crippen LogP contribution < -0.4 is 11.3 Å². The summed E-state index contributed by atoms with van der Waals surface area (Å²) in [5.74, 6) is 5.66. The van der Waals surface area contributed by atoms with E-state index in [1.165, 1.54) is 5.56 Å². The van der Waals surface area contributed by atoms with Gasteiger partial charge in [-0.15, -0.1) is 0 Å². The second-order valence-electron chi connectivity index (χ2n) is 4.74. The van der Waals surface area contributed by atoms with E-state index in [1.54, 1.807) is 6.26 Å². The Labute approximate surface area is 128 Å². The van der Waals surface area contributed by atoms with E-state index >= 15 is 0 Å². The van der Waals surface area contributed by atoms with Crippen LogP contribution in [0, 0.1) is 0 Å². The highest BCUT2D eigenvalue weighted by Gasteiger charge is 2.17. The van der Waals surface area contributed by atoms with Crippen LogP contribution >= 0.6 is 11.6 Å². The van der Waals surface area contributed by atoms with Gasteiger partial charge in [-0.1, -0.05) is 54.6 Å². The molecule has 1 heterocycles. The van der Waals surface area contributed by atoms with Gasteiger partial charge in [0.25, 0.3) is 0 Å². The number of hydrazine groups is 1. The Balaban J connectivity index is 1.91. The lowest BCUT2D eigenvalue weighted by Crippen LogP contribution is -2.28. The smallest absolute Gasteiger partial charge is 0.198 e. The van der Waals surface area contributed by atoms with Crippen molar-refractivity contribution in [2.45, 2.75) is 6.04 Å². The van der Waals surface area contributed by atoms with Crippen molar-refractivity contribution in [1.29, 1.82) is 0 Å². The molecule has 0 radical (unpaired) electrons. The molecule has 0 aliphatic heterocycles. The second-order valence-corrected chi connectivity index (χ2v) is 5.08. The number of nitrogens with one attached hydrogen (secondary N) is 1. The van der Waals surface area contributed by atoms with E-state index in [9.17, 15) is 0 Å². The maximum atomic E-state index is 6.03. The zero-order valence-electron chi connectivity index (χ0n) is 11.3. The third kappa shape index (κ3) is 2.85. The predicted octanol–water partition coefficient (Wildman–Crippen LogP) is 4.15. The van der Waals surface area contributed by atoms with E-state index in [0.29, 0.717) is 5.22 Å². The van der Waals surface area contributed by atoms with Crippen molar-refractivity contribution in [2.24, 2.45) is 5.84 Å². The monoisotopic (exact) mass is 298 g/mol. The van der Waals surface area contributed by atoms with Crippen LogP contribution in [0.4, 0.5) is 0 Å². The van der Waals surface area contributed by atoms with Crippen molar-refractivity contribution in [3.8, 4) is 11.1 Å². The van der Waals surface area contributed by atoms with E-state index in [4.69, 9.17) is 21.9 Å². The molecule has 3 N–H and O–H groups in total. The number of hydrogen-bond acceptors (Lipinski definition) is 3. The fourth-order valence-corrected chi connectivity index (χ4v) is 2.60. The Kier molecular flexibility index (Phi) is 4.06. The summed E-state index contributed by atoms with van der Waals surface area (Å²) in [5.41, 5.74) is 6.97. The van der Waals surface area contributed by atoms with Crippen LogP contribution in [0.25, 0.3) is 11.1 Å². The van der Waals surface area contributed by atoms with Crippen molar-refractivity contribution >= 4 is 11.6 Å². The second kappa shape index (κ2) is 6.14. The summed E-state index contributed by atoms with van der Waals surface area (Å²) < 4.78 is 5.13. The number of rotatable bonds is 4. The summed E-state index contributed by atoms with van der Waals surface area (Å²) in [7, 11) is 0. The Morgan fingerprint density at radius 3 is 2.14 bits per heavy atom. The molecule has 21 heavy (non-hydrogen) atoms. The van der Waals surface area contributed by atoms with Gasteiger partial charge in [0.2, 0.25) is 0 Å². The van der Waals surface area contributed by atoms with Crippen LogP contribution in [-0.4, -0.2) is 0 Å². The third-order valence-corrected chi connectivity index (χ3v) is 3.78. The molecular formula is C17H15ClN2O. The van der Waals surface area contributed by atoms with Gasteiger partial charge in [-0.25, -0.2) is 5.43 Å². The third-order valence-electron chi connectivity index (χ3n) is 3.47. The minimum atomic E-state index is -0.193. The molecule has 0 amide bonds. The molecule has 4 heteroatoms. The fraction of sp³-hybridized carbons (Fsp3) is 0.0588. The Bertz CT molecular complexity index is 707. The van der Waals surface area contributed by atoms with Gasteiger partial charge >= 0.3 is 0 Å². The van der Waals surface area contributed by atoms with E-state index in [1.807, 2.05) is 36.4 Å². The molecule has 0 fully saturated rings. The summed E-state index contributed by atoms with van der Waals surface area (Å²) in [6, 6.07) is 20.1. The summed E-state index contributed by atoms with van der Waals surface area (Å²) in [5, 5.41) is 0.352. The Morgan fingerprint density at radius 1 is 0.905 bits per heavy atom. The van der Waals surface area contributed by atoms with Crippen molar-refractivity contribution < 1.29 is 4.42 Å². The maximum Gasteiger partial charge on any atom is 0.198 e. The van der Waals surface area contributed by atoms with Crippen molar-refractivity contribution in [3.63, 3.8) is 0 Å². The zero-order chi connectivity index (χ0) is 14.7. The average molecular weight is 299 g/mol. The lowest BCUT2D eigenvalue weighted by molar-refractivity contribution is 0.555. The predicted molar refractivity (Wildman–Crippen MR) is 84.8 cm³/mol. The first-order valence-corrected chi connectivity index (χ1v) is 7.02. The van der Waals surface area contributed by atoms with Crippen LogP contribution in [0.3, 0.4) is 0 Å². The molecule has 0 bridgehead atoms. The molecule has 0 saturated carbocycles. The van der Waals surface area contributed by atoms with E-state index in [0.717, 1.165) is 16.7 Å². The van der Waals surface area contributed by atoms with E-state index in [2.05, 4.69) is 29.7 Å². The fourth-order valence-electron chi connectivity index (χ4n) is 2.37. The highest BCUT2D eigenvalue weighted by atomic mass is 35.5. The molecule has 3 aromatic rings. The molecule has 1 atom stereocenters. The largest absolute Gasteiger partial charge is 0.453 e. The SMILES string of the molecule is NNC(c1ccc(-c2ccccc2)cc1)c1ccoc1Cl. The molecule has 0 saturated heterocycles. The molecule has 3 rings (SSSR count). The normalized spacial score (nSPS) is 12.3. The number of furan rings is 1. The van der Waals surface area contributed by atoms with Crippen LogP contribution in [0.2, 0.25) is 5.22 Å². The molecule has 1 aromatic heterocycles. The molecule has 0 aliphatic rings. The van der Waals surface area contributed by atoms with Gasteiger partial charge in [-0.3, -0.25) is 5.84 Å². The summed E-state index contributed by atoms with van der Waals surface area (Å²) in [6.45, 7) is 0. The van der Waals surface area contributed by atoms with Crippen molar-refractivity contribution in [1.82, 2.24) is 5.43 Å². The van der Waals surface area contributed by atoms with Crippen molar-refractivity contribution in [3.05, 3.63) is 83.3 Å². The molecule has 0 spiro atoms. The highest BCUT2D eigenvalue weighted by Crippen LogP contribution is 2.30. The number of nitrogens with two attached hydrogens (primary N) is 1. The number of hydrogen-bond donors (Lipinski definition) is 2. The Morgan fingerprint density at radius 2 is 1.57 bits per heavy atom.